The monoisotopic (exact) mass is 295 g/mol. The van der Waals surface area contributed by atoms with Gasteiger partial charge < -0.3 is 15.1 Å². The Hall–Kier alpha value is -1.47. The van der Waals surface area contributed by atoms with Crippen molar-refractivity contribution < 1.29 is 4.42 Å². The largest absolute Gasteiger partial charge is 0.407 e. The second-order valence-corrected chi connectivity index (χ2v) is 6.68. The third kappa shape index (κ3) is 4.57. The molecule has 110 valence electrons. The quantitative estimate of drug-likeness (QED) is 0.853. The van der Waals surface area contributed by atoms with Gasteiger partial charge in [-0.25, -0.2) is 4.98 Å². The number of hydrogen-bond donors (Lipinski definition) is 2. The lowest BCUT2D eigenvalue weighted by Crippen LogP contribution is -2.35. The molecule has 1 unspecified atom stereocenters. The molecule has 0 spiro atoms. The molecule has 20 heavy (non-hydrogen) atoms. The standard InChI is InChI=1S/C13H21N5OS/c1-9(11-14-5-6-20-11)7-15-12-18-17-10(19-12)8-16-13(2,3)4/h5-6,9,16H,7-8H2,1-4H3,(H,15,18). The Labute approximate surface area is 123 Å². The van der Waals surface area contributed by atoms with E-state index in [4.69, 9.17) is 4.42 Å². The van der Waals surface area contributed by atoms with Crippen LogP contribution < -0.4 is 10.6 Å². The number of anilines is 1. The highest BCUT2D eigenvalue weighted by Gasteiger charge is 2.13. The third-order valence-corrected chi connectivity index (χ3v) is 3.68. The molecule has 0 amide bonds. The molecule has 0 saturated carbocycles. The summed E-state index contributed by atoms with van der Waals surface area (Å²) in [5, 5.41) is 17.5. The molecule has 2 rings (SSSR count). The Kier molecular flexibility index (Phi) is 4.72. The molecular weight excluding hydrogens is 274 g/mol. The average molecular weight is 295 g/mol. The molecule has 0 aliphatic carbocycles. The minimum atomic E-state index is 0.0292. The minimum Gasteiger partial charge on any atom is -0.407 e. The van der Waals surface area contributed by atoms with Crippen molar-refractivity contribution in [1.82, 2.24) is 20.5 Å². The Bertz CT molecular complexity index is 517. The Morgan fingerprint density at radius 3 is 2.80 bits per heavy atom. The molecule has 0 aromatic carbocycles. The zero-order chi connectivity index (χ0) is 14.6. The first-order chi connectivity index (χ1) is 9.44. The van der Waals surface area contributed by atoms with Crippen LogP contribution in [0.3, 0.4) is 0 Å². The van der Waals surface area contributed by atoms with Crippen LogP contribution in [0.5, 0.6) is 0 Å². The van der Waals surface area contributed by atoms with E-state index >= 15 is 0 Å². The van der Waals surface area contributed by atoms with Gasteiger partial charge in [-0.15, -0.1) is 16.4 Å². The van der Waals surface area contributed by atoms with E-state index in [-0.39, 0.29) is 5.54 Å². The van der Waals surface area contributed by atoms with E-state index in [0.29, 0.717) is 24.4 Å². The molecule has 0 aliphatic rings. The summed E-state index contributed by atoms with van der Waals surface area (Å²) in [6.07, 6.45) is 1.82. The average Bonchev–Trinajstić information content (AvgIpc) is 3.04. The molecule has 7 heteroatoms. The summed E-state index contributed by atoms with van der Waals surface area (Å²) < 4.78 is 5.53. The van der Waals surface area contributed by atoms with Crippen molar-refractivity contribution in [3.05, 3.63) is 22.5 Å². The van der Waals surface area contributed by atoms with Crippen LogP contribution >= 0.6 is 11.3 Å². The summed E-state index contributed by atoms with van der Waals surface area (Å²) in [5.41, 5.74) is 0.0292. The molecule has 0 aliphatic heterocycles. The van der Waals surface area contributed by atoms with Crippen LogP contribution in [0.1, 0.15) is 44.5 Å². The van der Waals surface area contributed by atoms with Crippen LogP contribution in [0.2, 0.25) is 0 Å². The van der Waals surface area contributed by atoms with Gasteiger partial charge in [0.15, 0.2) is 0 Å². The summed E-state index contributed by atoms with van der Waals surface area (Å²) in [6.45, 7) is 9.70. The molecule has 0 bridgehead atoms. The SMILES string of the molecule is CC(CNc1nnc(CNC(C)(C)C)o1)c1nccs1. The van der Waals surface area contributed by atoms with Gasteiger partial charge in [-0.1, -0.05) is 12.0 Å². The van der Waals surface area contributed by atoms with Crippen LogP contribution in [-0.2, 0) is 6.54 Å². The highest BCUT2D eigenvalue weighted by molar-refractivity contribution is 7.09. The van der Waals surface area contributed by atoms with Crippen LogP contribution in [0.4, 0.5) is 6.01 Å². The zero-order valence-corrected chi connectivity index (χ0v) is 13.1. The highest BCUT2D eigenvalue weighted by atomic mass is 32.1. The lowest BCUT2D eigenvalue weighted by atomic mass is 10.1. The van der Waals surface area contributed by atoms with Crippen LogP contribution in [0.25, 0.3) is 0 Å². The summed E-state index contributed by atoms with van der Waals surface area (Å²) in [6, 6.07) is 0.458. The van der Waals surface area contributed by atoms with Crippen LogP contribution in [-0.4, -0.2) is 27.3 Å². The van der Waals surface area contributed by atoms with Crippen molar-refractivity contribution in [2.45, 2.75) is 45.7 Å². The van der Waals surface area contributed by atoms with Crippen LogP contribution in [0, 0.1) is 0 Å². The Morgan fingerprint density at radius 1 is 1.35 bits per heavy atom. The molecule has 2 heterocycles. The predicted octanol–water partition coefficient (Wildman–Crippen LogP) is 2.63. The maximum absolute atomic E-state index is 5.53. The maximum Gasteiger partial charge on any atom is 0.315 e. The number of rotatable bonds is 6. The van der Waals surface area contributed by atoms with Gasteiger partial charge in [0, 0.05) is 29.6 Å². The number of hydrogen-bond acceptors (Lipinski definition) is 7. The predicted molar refractivity (Wildman–Crippen MR) is 79.9 cm³/mol. The molecule has 1 atom stereocenters. The fourth-order valence-electron chi connectivity index (χ4n) is 1.54. The van der Waals surface area contributed by atoms with E-state index in [1.54, 1.807) is 11.3 Å². The van der Waals surface area contributed by atoms with E-state index in [0.717, 1.165) is 11.6 Å². The van der Waals surface area contributed by atoms with Crippen molar-refractivity contribution in [1.29, 1.82) is 0 Å². The van der Waals surface area contributed by atoms with E-state index in [1.807, 2.05) is 11.6 Å². The first-order valence-corrected chi connectivity index (χ1v) is 7.53. The molecule has 6 nitrogen and oxygen atoms in total. The molecule has 0 radical (unpaired) electrons. The van der Waals surface area contributed by atoms with Gasteiger partial charge in [0.05, 0.1) is 11.6 Å². The van der Waals surface area contributed by atoms with Crippen molar-refractivity contribution in [3.8, 4) is 0 Å². The Balaban J connectivity index is 1.81. The summed E-state index contributed by atoms with van der Waals surface area (Å²) >= 11 is 1.65. The minimum absolute atomic E-state index is 0.0292. The van der Waals surface area contributed by atoms with Gasteiger partial charge in [0.25, 0.3) is 0 Å². The van der Waals surface area contributed by atoms with Gasteiger partial charge in [-0.05, 0) is 20.8 Å². The normalized spacial score (nSPS) is 13.4. The molecular formula is C13H21N5OS. The Morgan fingerprint density at radius 2 is 2.15 bits per heavy atom. The zero-order valence-electron chi connectivity index (χ0n) is 12.3. The van der Waals surface area contributed by atoms with Gasteiger partial charge >= 0.3 is 6.01 Å². The lowest BCUT2D eigenvalue weighted by Gasteiger charge is -2.18. The number of nitrogens with one attached hydrogen (secondary N) is 2. The van der Waals surface area contributed by atoms with E-state index in [1.165, 1.54) is 0 Å². The fraction of sp³-hybridized carbons (Fsp3) is 0.615. The van der Waals surface area contributed by atoms with Crippen LogP contribution in [0.15, 0.2) is 16.0 Å². The summed E-state index contributed by atoms with van der Waals surface area (Å²) in [5.74, 6) is 0.905. The van der Waals surface area contributed by atoms with Gasteiger partial charge in [0.1, 0.15) is 0 Å². The van der Waals surface area contributed by atoms with E-state index in [2.05, 4.69) is 53.5 Å². The third-order valence-electron chi connectivity index (χ3n) is 2.67. The van der Waals surface area contributed by atoms with E-state index in [9.17, 15) is 0 Å². The van der Waals surface area contributed by atoms with Crippen molar-refractivity contribution in [3.63, 3.8) is 0 Å². The van der Waals surface area contributed by atoms with Gasteiger partial charge in [-0.3, -0.25) is 0 Å². The maximum atomic E-state index is 5.53. The van der Waals surface area contributed by atoms with Gasteiger partial charge in [0.2, 0.25) is 5.89 Å². The molecule has 2 aromatic rings. The second kappa shape index (κ2) is 6.32. The number of thiazole rings is 1. The molecule has 0 saturated heterocycles. The van der Waals surface area contributed by atoms with Crippen molar-refractivity contribution in [2.75, 3.05) is 11.9 Å². The number of nitrogens with zero attached hydrogens (tertiary/aromatic N) is 3. The first-order valence-electron chi connectivity index (χ1n) is 6.65. The highest BCUT2D eigenvalue weighted by Crippen LogP contribution is 2.18. The molecule has 0 fully saturated rings. The summed E-state index contributed by atoms with van der Waals surface area (Å²) in [4.78, 5) is 4.29. The summed E-state index contributed by atoms with van der Waals surface area (Å²) in [7, 11) is 0. The molecule has 2 aromatic heterocycles. The number of aromatic nitrogens is 3. The van der Waals surface area contributed by atoms with E-state index < -0.39 is 0 Å². The van der Waals surface area contributed by atoms with Gasteiger partial charge in [-0.2, -0.15) is 0 Å². The fourth-order valence-corrected chi connectivity index (χ4v) is 2.24. The second-order valence-electron chi connectivity index (χ2n) is 5.76. The topological polar surface area (TPSA) is 75.9 Å². The van der Waals surface area contributed by atoms with Crippen molar-refractivity contribution >= 4 is 17.4 Å². The van der Waals surface area contributed by atoms with Crippen molar-refractivity contribution in [2.24, 2.45) is 0 Å². The molecule has 2 N–H and O–H groups in total. The smallest absolute Gasteiger partial charge is 0.315 e. The lowest BCUT2D eigenvalue weighted by molar-refractivity contribution is 0.383. The first kappa shape index (κ1) is 14.9.